The number of likely N-dealkylation sites (tertiary alicyclic amines) is 1. The highest BCUT2D eigenvalue weighted by molar-refractivity contribution is 6.05. The molecule has 0 bridgehead atoms. The Bertz CT molecular complexity index is 1700. The Balaban J connectivity index is 1.08. The van der Waals surface area contributed by atoms with Crippen LogP contribution in [0.3, 0.4) is 0 Å². The molecule has 3 aliphatic rings. The number of anilines is 4. The van der Waals surface area contributed by atoms with Crippen molar-refractivity contribution in [2.45, 2.75) is 71.3 Å². The number of aromatic nitrogens is 3. The van der Waals surface area contributed by atoms with Crippen LogP contribution in [0.5, 0.6) is 5.75 Å². The summed E-state index contributed by atoms with van der Waals surface area (Å²) in [5.74, 6) is 1.42. The van der Waals surface area contributed by atoms with E-state index in [-0.39, 0.29) is 5.91 Å². The van der Waals surface area contributed by atoms with Crippen molar-refractivity contribution in [3.63, 3.8) is 0 Å². The summed E-state index contributed by atoms with van der Waals surface area (Å²) in [4.78, 5) is 28.1. The molecule has 2 aromatic carbocycles. The first kappa shape index (κ1) is 30.2. The van der Waals surface area contributed by atoms with Crippen molar-refractivity contribution >= 4 is 28.9 Å². The van der Waals surface area contributed by atoms with Gasteiger partial charge in [-0.1, -0.05) is 37.2 Å². The smallest absolute Gasteiger partial charge is 0.278 e. The minimum atomic E-state index is -0.262. The van der Waals surface area contributed by atoms with E-state index < -0.39 is 0 Å². The maximum absolute atomic E-state index is 13.5. The van der Waals surface area contributed by atoms with E-state index in [1.54, 1.807) is 7.11 Å². The Morgan fingerprint density at radius 2 is 1.78 bits per heavy atom. The summed E-state index contributed by atoms with van der Waals surface area (Å²) in [5, 5.41) is 10.7. The van der Waals surface area contributed by atoms with Gasteiger partial charge >= 0.3 is 0 Å². The molecule has 240 valence electrons. The third-order valence-corrected chi connectivity index (χ3v) is 9.88. The van der Waals surface area contributed by atoms with E-state index in [9.17, 15) is 4.79 Å². The van der Waals surface area contributed by atoms with Gasteiger partial charge in [-0.2, -0.15) is 0 Å². The number of hydrogen-bond donors (Lipinski definition) is 2. The topological polar surface area (TPSA) is 109 Å². The summed E-state index contributed by atoms with van der Waals surface area (Å²) in [6, 6.07) is 13.1. The summed E-state index contributed by atoms with van der Waals surface area (Å²) in [5.41, 5.74) is 7.72. The molecule has 0 saturated carbocycles. The fourth-order valence-corrected chi connectivity index (χ4v) is 7.28. The van der Waals surface area contributed by atoms with E-state index in [4.69, 9.17) is 14.2 Å². The normalized spacial score (nSPS) is 16.6. The van der Waals surface area contributed by atoms with Gasteiger partial charge in [0.05, 0.1) is 12.8 Å². The van der Waals surface area contributed by atoms with E-state index in [1.807, 2.05) is 18.3 Å². The number of fused-ring (bicyclic) bond motifs is 3. The molecule has 2 aliphatic heterocycles. The minimum absolute atomic E-state index is 0.262. The molecule has 46 heavy (non-hydrogen) atoms. The lowest BCUT2D eigenvalue weighted by atomic mass is 9.93. The van der Waals surface area contributed by atoms with Gasteiger partial charge in [-0.3, -0.25) is 4.79 Å². The number of hydrogen-bond acceptors (Lipinski definition) is 9. The number of para-hydroxylation sites is 1. The summed E-state index contributed by atoms with van der Waals surface area (Å²) in [6.07, 6.45) is 9.88. The number of aryl methyl sites for hydroxylation is 3. The first-order chi connectivity index (χ1) is 22.6. The Labute approximate surface area is 270 Å². The van der Waals surface area contributed by atoms with Gasteiger partial charge in [0.2, 0.25) is 5.95 Å². The molecule has 2 aromatic heterocycles. The largest absolute Gasteiger partial charge is 0.494 e. The third kappa shape index (κ3) is 5.82. The van der Waals surface area contributed by atoms with Crippen molar-refractivity contribution in [2.24, 2.45) is 0 Å². The number of ether oxygens (including phenoxy) is 1. The van der Waals surface area contributed by atoms with Crippen LogP contribution in [-0.4, -0.2) is 65.3 Å². The highest BCUT2D eigenvalue weighted by Crippen LogP contribution is 2.37. The molecule has 0 spiro atoms. The number of carbonyl (C=O) groups excluding carboxylic acids is 1. The molecule has 1 amide bonds. The second kappa shape index (κ2) is 13.1. The summed E-state index contributed by atoms with van der Waals surface area (Å²) in [7, 11) is 1.69. The lowest BCUT2D eigenvalue weighted by Crippen LogP contribution is -2.43. The van der Waals surface area contributed by atoms with Crippen molar-refractivity contribution in [3.8, 4) is 17.2 Å². The van der Waals surface area contributed by atoms with Crippen LogP contribution in [0.15, 0.2) is 47.1 Å². The molecule has 10 nitrogen and oxygen atoms in total. The highest BCUT2D eigenvalue weighted by atomic mass is 16.5. The fourth-order valence-electron chi connectivity index (χ4n) is 7.28. The summed E-state index contributed by atoms with van der Waals surface area (Å²) in [6.45, 7) is 8.79. The molecule has 10 heteroatoms. The van der Waals surface area contributed by atoms with E-state index in [1.165, 1.54) is 44.5 Å². The minimum Gasteiger partial charge on any atom is -0.494 e. The molecule has 1 aliphatic carbocycles. The van der Waals surface area contributed by atoms with Gasteiger partial charge in [-0.15, -0.1) is 0 Å². The van der Waals surface area contributed by atoms with Crippen LogP contribution in [0.1, 0.15) is 72.3 Å². The van der Waals surface area contributed by atoms with Gasteiger partial charge in [0.25, 0.3) is 5.91 Å². The van der Waals surface area contributed by atoms with Crippen molar-refractivity contribution in [1.82, 2.24) is 20.0 Å². The van der Waals surface area contributed by atoms with Gasteiger partial charge < -0.3 is 29.7 Å². The van der Waals surface area contributed by atoms with Crippen molar-refractivity contribution < 1.29 is 14.1 Å². The van der Waals surface area contributed by atoms with Gasteiger partial charge in [0.15, 0.2) is 11.5 Å². The number of methoxy groups -OCH3 is 1. The predicted octanol–water partition coefficient (Wildman–Crippen LogP) is 6.42. The van der Waals surface area contributed by atoms with Gasteiger partial charge in [0, 0.05) is 53.9 Å². The standard InChI is InChI=1S/C36H43N7O3/c1-4-23-9-8-10-24(5-2)31(23)39-35(44)33-28-13-11-25-22-37-36(40-32(25)34(28)46-41-33)38-29-14-12-27(21-30(29)45-3)43-19-15-26(16-20-43)42-17-6-7-18-42/h8-10,12,14,21-22,26H,4-7,11,13,15-20H2,1-3H3,(H,39,44)(H,37,38,40). The molecule has 4 aromatic rings. The molecule has 4 heterocycles. The number of piperidine rings is 1. The van der Waals surface area contributed by atoms with Crippen LogP contribution in [0.25, 0.3) is 11.5 Å². The number of nitrogens with one attached hydrogen (secondary N) is 2. The molecule has 2 fully saturated rings. The van der Waals surface area contributed by atoms with E-state index >= 15 is 0 Å². The number of nitrogens with zero attached hydrogens (tertiary/aromatic N) is 5. The van der Waals surface area contributed by atoms with E-state index in [0.717, 1.165) is 65.3 Å². The zero-order chi connectivity index (χ0) is 31.6. The first-order valence-corrected chi connectivity index (χ1v) is 16.8. The zero-order valence-corrected chi connectivity index (χ0v) is 27.1. The Hall–Kier alpha value is -4.44. The van der Waals surface area contributed by atoms with Crippen molar-refractivity contribution in [3.05, 3.63) is 70.5 Å². The predicted molar refractivity (Wildman–Crippen MR) is 180 cm³/mol. The molecule has 2 N–H and O–H groups in total. The lowest BCUT2D eigenvalue weighted by molar-refractivity contribution is 0.101. The van der Waals surface area contributed by atoms with E-state index in [0.29, 0.717) is 42.0 Å². The monoisotopic (exact) mass is 621 g/mol. The molecule has 0 radical (unpaired) electrons. The molecule has 2 saturated heterocycles. The average Bonchev–Trinajstić information content (AvgIpc) is 3.80. The number of rotatable bonds is 9. The Kier molecular flexibility index (Phi) is 8.62. The third-order valence-electron chi connectivity index (χ3n) is 9.88. The van der Waals surface area contributed by atoms with Crippen molar-refractivity contribution in [1.29, 1.82) is 0 Å². The fraction of sp³-hybridized carbons (Fsp3) is 0.444. The zero-order valence-electron chi connectivity index (χ0n) is 27.1. The van der Waals surface area contributed by atoms with Crippen LogP contribution >= 0.6 is 0 Å². The number of amides is 1. The molecule has 7 rings (SSSR count). The maximum atomic E-state index is 13.5. The van der Waals surface area contributed by atoms with Gasteiger partial charge in [-0.05, 0) is 87.7 Å². The van der Waals surface area contributed by atoms with Crippen LogP contribution in [0.2, 0.25) is 0 Å². The SMILES string of the molecule is CCc1cccc(CC)c1NC(=O)c1noc2c1CCc1cnc(Nc3ccc(N4CCC(N5CCCC5)CC4)cc3OC)nc1-2. The maximum Gasteiger partial charge on any atom is 0.278 e. The summed E-state index contributed by atoms with van der Waals surface area (Å²) >= 11 is 0. The number of benzene rings is 2. The average molecular weight is 622 g/mol. The lowest BCUT2D eigenvalue weighted by Gasteiger charge is -2.38. The van der Waals surface area contributed by atoms with Crippen LogP contribution < -0.4 is 20.3 Å². The van der Waals surface area contributed by atoms with E-state index in [2.05, 4.69) is 68.7 Å². The molecule has 0 atom stereocenters. The second-order valence-corrected chi connectivity index (χ2v) is 12.5. The van der Waals surface area contributed by atoms with Crippen LogP contribution in [0.4, 0.5) is 23.0 Å². The highest BCUT2D eigenvalue weighted by Gasteiger charge is 2.30. The van der Waals surface area contributed by atoms with Gasteiger partial charge in [-0.25, -0.2) is 9.97 Å². The second-order valence-electron chi connectivity index (χ2n) is 12.5. The Morgan fingerprint density at radius 1 is 1.02 bits per heavy atom. The first-order valence-electron chi connectivity index (χ1n) is 16.8. The molecular weight excluding hydrogens is 578 g/mol. The Morgan fingerprint density at radius 3 is 2.50 bits per heavy atom. The molecular formula is C36H43N7O3. The number of carbonyl (C=O) groups is 1. The molecule has 0 unspecified atom stereocenters. The summed E-state index contributed by atoms with van der Waals surface area (Å²) < 4.78 is 11.6. The quantitative estimate of drug-likeness (QED) is 0.219. The van der Waals surface area contributed by atoms with Gasteiger partial charge in [0.1, 0.15) is 11.4 Å². The van der Waals surface area contributed by atoms with Crippen LogP contribution in [-0.2, 0) is 25.7 Å². The van der Waals surface area contributed by atoms with Crippen molar-refractivity contribution in [2.75, 3.05) is 48.8 Å². The van der Waals surface area contributed by atoms with Crippen LogP contribution in [0, 0.1) is 0 Å².